The topological polar surface area (TPSA) is 70.5 Å². The number of rotatable bonds is 3. The molecule has 20 heavy (non-hydrogen) atoms. The zero-order valence-electron chi connectivity index (χ0n) is 12.9. The quantitative estimate of drug-likeness (QED) is 0.864. The highest BCUT2D eigenvalue weighted by atomic mass is 16.5. The van der Waals surface area contributed by atoms with Gasteiger partial charge in [0, 0.05) is 25.7 Å². The van der Waals surface area contributed by atoms with Crippen LogP contribution in [0.5, 0.6) is 0 Å². The van der Waals surface area contributed by atoms with Crippen LogP contribution in [-0.2, 0) is 4.74 Å². The van der Waals surface area contributed by atoms with E-state index in [1.165, 1.54) is 0 Å². The first-order valence-electron chi connectivity index (χ1n) is 6.93. The maximum absolute atomic E-state index is 9.42. The van der Waals surface area contributed by atoms with Gasteiger partial charge in [-0.05, 0) is 27.7 Å². The van der Waals surface area contributed by atoms with E-state index in [1.54, 1.807) is 0 Å². The molecule has 0 spiro atoms. The molecule has 0 amide bonds. The number of anilines is 2. The molecule has 2 heterocycles. The highest BCUT2D eigenvalue weighted by Crippen LogP contribution is 2.29. The molecule has 0 radical (unpaired) electrons. The van der Waals surface area contributed by atoms with Crippen LogP contribution in [0.25, 0.3) is 0 Å². The minimum Gasteiger partial charge on any atom is -0.394 e. The minimum absolute atomic E-state index is 0.0158. The Labute approximate surface area is 120 Å². The van der Waals surface area contributed by atoms with Crippen LogP contribution in [0.4, 0.5) is 11.6 Å². The van der Waals surface area contributed by atoms with Gasteiger partial charge in [0.05, 0.1) is 18.3 Å². The van der Waals surface area contributed by atoms with Crippen molar-refractivity contribution in [2.45, 2.75) is 39.4 Å². The number of ether oxygens (including phenoxy) is 1. The van der Waals surface area contributed by atoms with E-state index in [4.69, 9.17) is 4.74 Å². The van der Waals surface area contributed by atoms with Crippen LogP contribution in [0.3, 0.4) is 0 Å². The fraction of sp³-hybridized carbons (Fsp3) is 0.714. The Morgan fingerprint density at radius 3 is 2.70 bits per heavy atom. The van der Waals surface area contributed by atoms with E-state index in [0.717, 1.165) is 29.6 Å². The number of nitrogens with one attached hydrogen (secondary N) is 1. The smallest absolute Gasteiger partial charge is 0.137 e. The molecule has 112 valence electrons. The Hall–Kier alpha value is -1.40. The van der Waals surface area contributed by atoms with Crippen LogP contribution in [0.1, 0.15) is 25.2 Å². The minimum atomic E-state index is -0.309. The first-order chi connectivity index (χ1) is 9.36. The number of aromatic nitrogens is 2. The second-order valence-corrected chi connectivity index (χ2v) is 5.88. The number of hydrogen-bond acceptors (Lipinski definition) is 6. The number of aliphatic hydroxyl groups is 1. The number of aryl methyl sites for hydroxylation is 1. The largest absolute Gasteiger partial charge is 0.394 e. The zero-order chi connectivity index (χ0) is 14.9. The van der Waals surface area contributed by atoms with E-state index in [1.807, 2.05) is 34.7 Å². The number of hydrogen-bond donors (Lipinski definition) is 2. The molecule has 2 N–H and O–H groups in total. The van der Waals surface area contributed by atoms with Crippen LogP contribution < -0.4 is 10.2 Å². The fourth-order valence-electron chi connectivity index (χ4n) is 2.72. The molecule has 0 aliphatic carbocycles. The van der Waals surface area contributed by atoms with E-state index in [2.05, 4.69) is 20.2 Å². The Morgan fingerprint density at radius 2 is 2.10 bits per heavy atom. The van der Waals surface area contributed by atoms with Crippen LogP contribution in [0.2, 0.25) is 0 Å². The molecule has 1 saturated heterocycles. The summed E-state index contributed by atoms with van der Waals surface area (Å²) in [4.78, 5) is 11.1. The predicted molar refractivity (Wildman–Crippen MR) is 79.3 cm³/mol. The van der Waals surface area contributed by atoms with Crippen molar-refractivity contribution in [2.24, 2.45) is 0 Å². The summed E-state index contributed by atoms with van der Waals surface area (Å²) in [6.45, 7) is 9.36. The molecule has 2 rings (SSSR count). The van der Waals surface area contributed by atoms with Gasteiger partial charge in [0.2, 0.25) is 0 Å². The van der Waals surface area contributed by atoms with E-state index in [9.17, 15) is 5.11 Å². The lowest BCUT2D eigenvalue weighted by molar-refractivity contribution is -0.101. The molecular formula is C14H24N4O2. The third-order valence-corrected chi connectivity index (χ3v) is 3.45. The molecule has 1 atom stereocenters. The summed E-state index contributed by atoms with van der Waals surface area (Å²) in [6.07, 6.45) is -0.188. The summed E-state index contributed by atoms with van der Waals surface area (Å²) in [5, 5.41) is 12.5. The van der Waals surface area contributed by atoms with Gasteiger partial charge < -0.3 is 20.1 Å². The first kappa shape index (κ1) is 15.0. The lowest BCUT2D eigenvalue weighted by Gasteiger charge is -2.43. The molecule has 1 aromatic rings. The summed E-state index contributed by atoms with van der Waals surface area (Å²) < 4.78 is 5.85. The lowest BCUT2D eigenvalue weighted by Crippen LogP contribution is -2.54. The molecule has 1 unspecified atom stereocenters. The maximum atomic E-state index is 9.42. The van der Waals surface area contributed by atoms with Gasteiger partial charge in [-0.15, -0.1) is 0 Å². The number of nitrogens with zero attached hydrogens (tertiary/aromatic N) is 3. The molecule has 6 heteroatoms. The molecule has 1 aliphatic heterocycles. The lowest BCUT2D eigenvalue weighted by atomic mass is 10.0. The summed E-state index contributed by atoms with van der Waals surface area (Å²) in [7, 11) is 1.86. The molecule has 1 aliphatic rings. The van der Waals surface area contributed by atoms with Crippen molar-refractivity contribution in [2.75, 3.05) is 37.0 Å². The van der Waals surface area contributed by atoms with Gasteiger partial charge in [0.25, 0.3) is 0 Å². The van der Waals surface area contributed by atoms with Gasteiger partial charge in [-0.1, -0.05) is 0 Å². The molecule has 6 nitrogen and oxygen atoms in total. The van der Waals surface area contributed by atoms with Crippen LogP contribution in [-0.4, -0.2) is 53.5 Å². The summed E-state index contributed by atoms with van der Waals surface area (Å²) in [5.41, 5.74) is 0.712. The first-order valence-corrected chi connectivity index (χ1v) is 6.93. The van der Waals surface area contributed by atoms with Crippen molar-refractivity contribution in [3.05, 3.63) is 11.4 Å². The van der Waals surface area contributed by atoms with E-state index in [0.29, 0.717) is 6.54 Å². The number of morpholine rings is 1. The summed E-state index contributed by atoms with van der Waals surface area (Å²) >= 11 is 0. The SMILES string of the molecule is CNc1nc(C)nc(N2CC(CO)OC(C)(C)C2)c1C. The van der Waals surface area contributed by atoms with Crippen LogP contribution >= 0.6 is 0 Å². The van der Waals surface area contributed by atoms with Crippen molar-refractivity contribution in [3.63, 3.8) is 0 Å². The van der Waals surface area contributed by atoms with Gasteiger partial charge in [0.15, 0.2) is 0 Å². The highest BCUT2D eigenvalue weighted by molar-refractivity contribution is 5.58. The Balaban J connectivity index is 2.37. The van der Waals surface area contributed by atoms with Crippen molar-refractivity contribution < 1.29 is 9.84 Å². The Morgan fingerprint density at radius 1 is 1.40 bits per heavy atom. The molecule has 0 aromatic carbocycles. The van der Waals surface area contributed by atoms with Gasteiger partial charge in [-0.2, -0.15) is 0 Å². The highest BCUT2D eigenvalue weighted by Gasteiger charge is 2.34. The van der Waals surface area contributed by atoms with Crippen LogP contribution in [0.15, 0.2) is 0 Å². The van der Waals surface area contributed by atoms with Gasteiger partial charge >= 0.3 is 0 Å². The average molecular weight is 280 g/mol. The van der Waals surface area contributed by atoms with E-state index < -0.39 is 0 Å². The third kappa shape index (κ3) is 3.02. The fourth-order valence-corrected chi connectivity index (χ4v) is 2.72. The third-order valence-electron chi connectivity index (χ3n) is 3.45. The standard InChI is InChI=1S/C14H24N4O2/c1-9-12(15-5)16-10(2)17-13(9)18-6-11(7-19)20-14(3,4)8-18/h11,19H,6-8H2,1-5H3,(H,15,16,17). The second kappa shape index (κ2) is 5.54. The van der Waals surface area contributed by atoms with Crippen molar-refractivity contribution >= 4 is 11.6 Å². The zero-order valence-corrected chi connectivity index (χ0v) is 12.9. The van der Waals surface area contributed by atoms with E-state index in [-0.39, 0.29) is 18.3 Å². The van der Waals surface area contributed by atoms with E-state index >= 15 is 0 Å². The molecule has 0 bridgehead atoms. The molecule has 0 saturated carbocycles. The monoisotopic (exact) mass is 280 g/mol. The van der Waals surface area contributed by atoms with Gasteiger partial charge in [0.1, 0.15) is 17.5 Å². The van der Waals surface area contributed by atoms with Crippen molar-refractivity contribution in [1.82, 2.24) is 9.97 Å². The predicted octanol–water partition coefficient (Wildman–Crippen LogP) is 1.11. The van der Waals surface area contributed by atoms with Crippen molar-refractivity contribution in [1.29, 1.82) is 0 Å². The Kier molecular flexibility index (Phi) is 4.15. The summed E-state index contributed by atoms with van der Waals surface area (Å²) in [5.74, 6) is 2.49. The average Bonchev–Trinajstić information content (AvgIpc) is 2.39. The van der Waals surface area contributed by atoms with Crippen molar-refractivity contribution in [3.8, 4) is 0 Å². The second-order valence-electron chi connectivity index (χ2n) is 5.88. The normalized spacial score (nSPS) is 21.9. The summed E-state index contributed by atoms with van der Waals surface area (Å²) in [6, 6.07) is 0. The molecular weight excluding hydrogens is 256 g/mol. The number of aliphatic hydroxyl groups excluding tert-OH is 1. The molecule has 1 aromatic heterocycles. The Bertz CT molecular complexity index is 490. The van der Waals surface area contributed by atoms with Gasteiger partial charge in [-0.3, -0.25) is 0 Å². The van der Waals surface area contributed by atoms with Gasteiger partial charge in [-0.25, -0.2) is 9.97 Å². The molecule has 1 fully saturated rings. The van der Waals surface area contributed by atoms with Crippen LogP contribution in [0, 0.1) is 13.8 Å². The maximum Gasteiger partial charge on any atom is 0.137 e.